The van der Waals surface area contributed by atoms with Gasteiger partial charge in [-0.1, -0.05) is 0 Å². The maximum absolute atomic E-state index is 11.6. The molecule has 3 amide bonds. The standard InChI is InChI=1S/C13H18N6O2S/c1-9(2)19-8-10(6-17-19)5-15-12(21)16-7-11(20)18-13-14-3-4-22-13/h3-4,6,8-9H,5,7H2,1-2H3,(H,14,18,20)(H2,15,16,21). The minimum atomic E-state index is -0.411. The molecule has 0 saturated carbocycles. The SMILES string of the molecule is CC(C)n1cc(CNC(=O)NCC(=O)Nc2nccs2)cn1. The van der Waals surface area contributed by atoms with E-state index in [1.165, 1.54) is 11.3 Å². The first-order valence-electron chi connectivity index (χ1n) is 6.78. The summed E-state index contributed by atoms with van der Waals surface area (Å²) in [5.74, 6) is -0.322. The van der Waals surface area contributed by atoms with Crippen molar-refractivity contribution in [1.82, 2.24) is 25.4 Å². The lowest BCUT2D eigenvalue weighted by atomic mass is 10.3. The van der Waals surface area contributed by atoms with Crippen LogP contribution in [0, 0.1) is 0 Å². The Hall–Kier alpha value is -2.42. The van der Waals surface area contributed by atoms with E-state index in [1.807, 2.05) is 24.7 Å². The Bertz CT molecular complexity index is 622. The molecule has 0 unspecified atom stereocenters. The highest BCUT2D eigenvalue weighted by molar-refractivity contribution is 7.13. The Labute approximate surface area is 131 Å². The van der Waals surface area contributed by atoms with Crippen molar-refractivity contribution in [2.45, 2.75) is 26.4 Å². The van der Waals surface area contributed by atoms with Gasteiger partial charge in [-0.25, -0.2) is 9.78 Å². The van der Waals surface area contributed by atoms with E-state index in [4.69, 9.17) is 0 Å². The van der Waals surface area contributed by atoms with Gasteiger partial charge in [-0.15, -0.1) is 11.3 Å². The van der Waals surface area contributed by atoms with Crippen molar-refractivity contribution in [3.63, 3.8) is 0 Å². The zero-order valence-corrected chi connectivity index (χ0v) is 13.2. The van der Waals surface area contributed by atoms with Crippen molar-refractivity contribution in [3.8, 4) is 0 Å². The van der Waals surface area contributed by atoms with E-state index >= 15 is 0 Å². The van der Waals surface area contributed by atoms with Gasteiger partial charge in [0.15, 0.2) is 5.13 Å². The predicted octanol–water partition coefficient (Wildman–Crippen LogP) is 1.36. The monoisotopic (exact) mass is 322 g/mol. The Kier molecular flexibility index (Phi) is 5.48. The van der Waals surface area contributed by atoms with Crippen LogP contribution >= 0.6 is 11.3 Å². The summed E-state index contributed by atoms with van der Waals surface area (Å²) in [5.41, 5.74) is 0.899. The molecular formula is C13H18N6O2S. The number of aromatic nitrogens is 3. The van der Waals surface area contributed by atoms with Gasteiger partial charge in [0, 0.05) is 35.9 Å². The maximum atomic E-state index is 11.6. The van der Waals surface area contributed by atoms with Gasteiger partial charge in [0.1, 0.15) is 0 Å². The molecule has 0 atom stereocenters. The molecule has 0 spiro atoms. The number of rotatable bonds is 6. The summed E-state index contributed by atoms with van der Waals surface area (Å²) in [6.45, 7) is 4.29. The molecule has 8 nitrogen and oxygen atoms in total. The molecule has 2 aromatic heterocycles. The van der Waals surface area contributed by atoms with E-state index in [0.29, 0.717) is 11.7 Å². The van der Waals surface area contributed by atoms with Gasteiger partial charge < -0.3 is 16.0 Å². The molecule has 0 radical (unpaired) electrons. The fraction of sp³-hybridized carbons (Fsp3) is 0.385. The molecule has 3 N–H and O–H groups in total. The summed E-state index contributed by atoms with van der Waals surface area (Å²) in [6.07, 6.45) is 5.17. The molecule has 118 valence electrons. The number of hydrogen-bond donors (Lipinski definition) is 3. The van der Waals surface area contributed by atoms with Crippen molar-refractivity contribution in [1.29, 1.82) is 0 Å². The Morgan fingerprint density at radius 1 is 1.36 bits per heavy atom. The lowest BCUT2D eigenvalue weighted by Crippen LogP contribution is -2.39. The van der Waals surface area contributed by atoms with E-state index in [9.17, 15) is 9.59 Å². The van der Waals surface area contributed by atoms with Crippen LogP contribution in [-0.4, -0.2) is 33.2 Å². The van der Waals surface area contributed by atoms with Crippen LogP contribution in [0.15, 0.2) is 24.0 Å². The van der Waals surface area contributed by atoms with Crippen LogP contribution in [0.2, 0.25) is 0 Å². The number of amides is 3. The van der Waals surface area contributed by atoms with Crippen molar-refractivity contribution < 1.29 is 9.59 Å². The average molecular weight is 322 g/mol. The smallest absolute Gasteiger partial charge is 0.315 e. The van der Waals surface area contributed by atoms with Crippen molar-refractivity contribution in [2.75, 3.05) is 11.9 Å². The highest BCUT2D eigenvalue weighted by Gasteiger charge is 2.07. The number of anilines is 1. The normalized spacial score (nSPS) is 10.5. The number of nitrogens with one attached hydrogen (secondary N) is 3. The maximum Gasteiger partial charge on any atom is 0.315 e. The lowest BCUT2D eigenvalue weighted by molar-refractivity contribution is -0.115. The van der Waals surface area contributed by atoms with Crippen LogP contribution in [0.5, 0.6) is 0 Å². The quantitative estimate of drug-likeness (QED) is 0.747. The molecule has 2 rings (SSSR count). The summed E-state index contributed by atoms with van der Waals surface area (Å²) >= 11 is 1.32. The molecular weight excluding hydrogens is 304 g/mol. The van der Waals surface area contributed by atoms with Gasteiger partial charge in [-0.2, -0.15) is 5.10 Å². The minimum Gasteiger partial charge on any atom is -0.334 e. The van der Waals surface area contributed by atoms with Crippen molar-refractivity contribution in [2.24, 2.45) is 0 Å². The van der Waals surface area contributed by atoms with Crippen molar-refractivity contribution in [3.05, 3.63) is 29.5 Å². The second kappa shape index (κ2) is 7.55. The second-order valence-electron chi connectivity index (χ2n) is 4.84. The number of urea groups is 1. The number of hydrogen-bond acceptors (Lipinski definition) is 5. The molecule has 0 aromatic carbocycles. The van der Waals surface area contributed by atoms with E-state index in [2.05, 4.69) is 26.0 Å². The summed E-state index contributed by atoms with van der Waals surface area (Å²) in [5, 5.41) is 14.2. The Balaban J connectivity index is 1.68. The van der Waals surface area contributed by atoms with Crippen LogP contribution < -0.4 is 16.0 Å². The van der Waals surface area contributed by atoms with Crippen LogP contribution in [0.4, 0.5) is 9.93 Å². The third-order valence-corrected chi connectivity index (χ3v) is 3.41. The Morgan fingerprint density at radius 3 is 2.82 bits per heavy atom. The molecule has 0 bridgehead atoms. The fourth-order valence-electron chi connectivity index (χ4n) is 1.61. The molecule has 2 aromatic rings. The zero-order valence-electron chi connectivity index (χ0n) is 12.4. The van der Waals surface area contributed by atoms with Gasteiger partial charge in [-0.05, 0) is 13.8 Å². The van der Waals surface area contributed by atoms with Gasteiger partial charge in [0.2, 0.25) is 5.91 Å². The second-order valence-corrected chi connectivity index (χ2v) is 5.74. The van der Waals surface area contributed by atoms with Gasteiger partial charge >= 0.3 is 6.03 Å². The molecule has 0 aliphatic carbocycles. The summed E-state index contributed by atoms with van der Waals surface area (Å²) in [6, 6.07) is -0.135. The number of thiazole rings is 1. The summed E-state index contributed by atoms with van der Waals surface area (Å²) < 4.78 is 1.82. The van der Waals surface area contributed by atoms with Crippen molar-refractivity contribution >= 4 is 28.4 Å². The van der Waals surface area contributed by atoms with E-state index in [0.717, 1.165) is 5.56 Å². The van der Waals surface area contributed by atoms with Crippen LogP contribution in [0.25, 0.3) is 0 Å². The zero-order chi connectivity index (χ0) is 15.9. The van der Waals surface area contributed by atoms with E-state index < -0.39 is 6.03 Å². The first-order chi connectivity index (χ1) is 10.5. The topological polar surface area (TPSA) is 101 Å². The fourth-order valence-corrected chi connectivity index (χ4v) is 2.15. The first-order valence-corrected chi connectivity index (χ1v) is 7.66. The third kappa shape index (κ3) is 4.85. The highest BCUT2D eigenvalue weighted by atomic mass is 32.1. The first kappa shape index (κ1) is 16.0. The number of carbonyl (C=O) groups excluding carboxylic acids is 2. The number of nitrogens with zero attached hydrogens (tertiary/aromatic N) is 3. The molecule has 0 aliphatic rings. The summed E-state index contributed by atoms with van der Waals surface area (Å²) in [7, 11) is 0. The molecule has 2 heterocycles. The van der Waals surface area contributed by atoms with Crippen LogP contribution in [0.1, 0.15) is 25.5 Å². The number of carbonyl (C=O) groups is 2. The molecule has 0 fully saturated rings. The predicted molar refractivity (Wildman–Crippen MR) is 83.6 cm³/mol. The van der Waals surface area contributed by atoms with Gasteiger partial charge in [-0.3, -0.25) is 9.48 Å². The van der Waals surface area contributed by atoms with Crippen LogP contribution in [0.3, 0.4) is 0 Å². The van der Waals surface area contributed by atoms with E-state index in [-0.39, 0.29) is 18.5 Å². The Morgan fingerprint density at radius 2 is 2.18 bits per heavy atom. The molecule has 9 heteroatoms. The van der Waals surface area contributed by atoms with Gasteiger partial charge in [0.05, 0.1) is 12.7 Å². The molecule has 0 aliphatic heterocycles. The average Bonchev–Trinajstić information content (AvgIpc) is 3.14. The van der Waals surface area contributed by atoms with Crippen LogP contribution in [-0.2, 0) is 11.3 Å². The molecule has 0 saturated heterocycles. The third-order valence-electron chi connectivity index (χ3n) is 2.73. The summed E-state index contributed by atoms with van der Waals surface area (Å²) in [4.78, 5) is 27.1. The minimum absolute atomic E-state index is 0.114. The highest BCUT2D eigenvalue weighted by Crippen LogP contribution is 2.09. The van der Waals surface area contributed by atoms with Gasteiger partial charge in [0.25, 0.3) is 0 Å². The van der Waals surface area contributed by atoms with E-state index in [1.54, 1.807) is 17.8 Å². The largest absolute Gasteiger partial charge is 0.334 e. The lowest BCUT2D eigenvalue weighted by Gasteiger charge is -2.06. The molecule has 22 heavy (non-hydrogen) atoms.